The monoisotopic (exact) mass is 763 g/mol. The molecule has 298 valence electrons. The molecular formula is C45H58FN7O3. The summed E-state index contributed by atoms with van der Waals surface area (Å²) < 4.78 is 23.0. The van der Waals surface area contributed by atoms with Crippen molar-refractivity contribution in [2.24, 2.45) is 11.1 Å². The summed E-state index contributed by atoms with van der Waals surface area (Å²) in [6.45, 7) is 16.0. The number of alkyl halides is 1. The molecule has 4 aromatic rings. The van der Waals surface area contributed by atoms with Gasteiger partial charge in [0.05, 0.1) is 35.9 Å². The molecule has 3 saturated heterocycles. The van der Waals surface area contributed by atoms with Gasteiger partial charge < -0.3 is 19.9 Å². The van der Waals surface area contributed by atoms with Crippen molar-refractivity contribution in [1.29, 1.82) is 0 Å². The number of fused-ring (bicyclic) bond motifs is 7. The Balaban J connectivity index is 1.30. The Kier molecular flexibility index (Phi) is 10.7. The molecule has 0 unspecified atom stereocenters. The Bertz CT molecular complexity index is 2130. The lowest BCUT2D eigenvalue weighted by molar-refractivity contribution is -0.154. The maximum atomic E-state index is 14.5. The number of hydrazine groups is 1. The zero-order valence-corrected chi connectivity index (χ0v) is 33.7. The van der Waals surface area contributed by atoms with E-state index >= 15 is 0 Å². The third-order valence-electron chi connectivity index (χ3n) is 12.5. The van der Waals surface area contributed by atoms with Gasteiger partial charge in [-0.3, -0.25) is 24.5 Å². The molecule has 0 aliphatic carbocycles. The van der Waals surface area contributed by atoms with E-state index in [1.807, 2.05) is 12.1 Å². The van der Waals surface area contributed by atoms with Gasteiger partial charge in [0.2, 0.25) is 0 Å². The van der Waals surface area contributed by atoms with Crippen LogP contribution in [0, 0.1) is 5.41 Å². The van der Waals surface area contributed by atoms with Crippen LogP contribution in [0.15, 0.2) is 48.7 Å². The molecule has 56 heavy (non-hydrogen) atoms. The summed E-state index contributed by atoms with van der Waals surface area (Å²) in [4.78, 5) is 37.6. The number of aromatic nitrogens is 2. The molecule has 6 heterocycles. The van der Waals surface area contributed by atoms with Crippen LogP contribution in [0.1, 0.15) is 88.6 Å². The average molecular weight is 764 g/mol. The predicted octanol–water partition coefficient (Wildman–Crippen LogP) is 6.76. The summed E-state index contributed by atoms with van der Waals surface area (Å²) in [6, 6.07) is 13.7. The minimum Gasteiger partial charge on any atom is -0.464 e. The van der Waals surface area contributed by atoms with Crippen molar-refractivity contribution < 1.29 is 18.7 Å². The fourth-order valence-corrected chi connectivity index (χ4v) is 9.61. The lowest BCUT2D eigenvalue weighted by atomic mass is 9.83. The molecule has 11 heteroatoms. The summed E-state index contributed by atoms with van der Waals surface area (Å²) in [6.07, 6.45) is 6.68. The number of nitrogens with zero attached hydrogens (tertiary/aromatic N) is 5. The number of halogens is 1. The molecule has 2 aromatic heterocycles. The first-order valence-electron chi connectivity index (χ1n) is 20.8. The molecule has 0 saturated carbocycles. The van der Waals surface area contributed by atoms with Gasteiger partial charge in [0, 0.05) is 60.6 Å². The number of carbonyl (C=O) groups is 2. The molecule has 3 atom stereocenters. The average Bonchev–Trinajstić information content (AvgIpc) is 3.80. The quantitative estimate of drug-likeness (QED) is 0.215. The van der Waals surface area contributed by atoms with Crippen LogP contribution in [0.3, 0.4) is 0 Å². The first-order valence-corrected chi connectivity index (χ1v) is 20.8. The molecule has 10 nitrogen and oxygen atoms in total. The molecule has 3 fully saturated rings. The maximum absolute atomic E-state index is 14.5. The summed E-state index contributed by atoms with van der Waals surface area (Å²) >= 11 is 0. The molecule has 2 aromatic carbocycles. The number of esters is 1. The van der Waals surface area contributed by atoms with E-state index in [0.717, 1.165) is 76.4 Å². The van der Waals surface area contributed by atoms with E-state index in [-0.39, 0.29) is 30.8 Å². The zero-order chi connectivity index (χ0) is 39.3. The summed E-state index contributed by atoms with van der Waals surface area (Å²) in [7, 11) is 0. The molecule has 1 amide bonds. The molecular weight excluding hydrogens is 706 g/mol. The van der Waals surface area contributed by atoms with Gasteiger partial charge in [-0.25, -0.2) is 9.82 Å². The summed E-state index contributed by atoms with van der Waals surface area (Å²) in [5, 5.41) is 2.58. The highest BCUT2D eigenvalue weighted by Gasteiger charge is 2.35. The number of hydrogen-bond acceptors (Lipinski definition) is 8. The normalized spacial score (nSPS) is 23.4. The number of rotatable bonds is 5. The number of nitrogens with one attached hydrogen (secondary N) is 1. The topological polar surface area (TPSA) is 109 Å². The minimum absolute atomic E-state index is 0.188. The van der Waals surface area contributed by atoms with Crippen LogP contribution in [0.25, 0.3) is 33.3 Å². The van der Waals surface area contributed by atoms with Crippen LogP contribution in [0.5, 0.6) is 0 Å². The highest BCUT2D eigenvalue weighted by Crippen LogP contribution is 2.43. The fraction of sp³-hybridized carbons (Fsp3) is 0.533. The Morgan fingerprint density at radius 1 is 1.02 bits per heavy atom. The summed E-state index contributed by atoms with van der Waals surface area (Å²) in [5.41, 5.74) is 19.2. The smallest absolute Gasteiger partial charge is 0.324 e. The van der Waals surface area contributed by atoms with E-state index in [4.69, 9.17) is 15.5 Å². The van der Waals surface area contributed by atoms with Crippen molar-refractivity contribution in [2.45, 2.75) is 110 Å². The Labute approximate surface area is 330 Å². The number of nitrogens with two attached hydrogens (primary N) is 1. The van der Waals surface area contributed by atoms with Gasteiger partial charge in [0.25, 0.3) is 5.91 Å². The largest absolute Gasteiger partial charge is 0.464 e. The van der Waals surface area contributed by atoms with E-state index in [1.54, 1.807) is 6.07 Å². The highest BCUT2D eigenvalue weighted by molar-refractivity contribution is 5.96. The number of carbonyl (C=O) groups excluding carboxylic acids is 2. The SMILES string of the molecule is CCn1c(-c2cc(N3CCN4CCC[C@@H]4C3)cnc2C(C)C)c2c3cc(ccc31)-c1cc(CF)cc(c1)C[C@H](N)C(=O)N1CCC[C@H](N1)C(=O)OCC(C)(C)C2. The first-order chi connectivity index (χ1) is 26.9. The van der Waals surface area contributed by atoms with Crippen LogP contribution < -0.4 is 16.1 Å². The molecule has 6 bridgehead atoms. The van der Waals surface area contributed by atoms with Gasteiger partial charge in [-0.2, -0.15) is 0 Å². The molecule has 4 aliphatic heterocycles. The van der Waals surface area contributed by atoms with Gasteiger partial charge in [-0.1, -0.05) is 45.9 Å². The summed E-state index contributed by atoms with van der Waals surface area (Å²) in [5.74, 6) is -0.478. The number of benzene rings is 2. The molecule has 4 aliphatic rings. The van der Waals surface area contributed by atoms with E-state index in [1.165, 1.54) is 30.0 Å². The van der Waals surface area contributed by atoms with Crippen molar-refractivity contribution in [3.8, 4) is 22.4 Å². The van der Waals surface area contributed by atoms with Crippen molar-refractivity contribution >= 4 is 28.5 Å². The number of piperazine rings is 1. The first kappa shape index (κ1) is 38.5. The lowest BCUT2D eigenvalue weighted by Gasteiger charge is -2.39. The van der Waals surface area contributed by atoms with Gasteiger partial charge in [-0.15, -0.1) is 0 Å². The van der Waals surface area contributed by atoms with Crippen LogP contribution >= 0.6 is 0 Å². The number of anilines is 1. The van der Waals surface area contributed by atoms with Crippen LogP contribution in [-0.2, 0) is 40.4 Å². The van der Waals surface area contributed by atoms with E-state index in [9.17, 15) is 14.0 Å². The van der Waals surface area contributed by atoms with E-state index in [2.05, 4.69) is 84.9 Å². The predicted molar refractivity (Wildman–Crippen MR) is 220 cm³/mol. The van der Waals surface area contributed by atoms with E-state index < -0.39 is 24.2 Å². The number of ether oxygens (including phenoxy) is 1. The van der Waals surface area contributed by atoms with Crippen LogP contribution in [0.2, 0.25) is 0 Å². The second-order valence-corrected chi connectivity index (χ2v) is 17.6. The van der Waals surface area contributed by atoms with E-state index in [0.29, 0.717) is 37.4 Å². The van der Waals surface area contributed by atoms with Crippen LogP contribution in [-0.4, -0.2) is 88.8 Å². The van der Waals surface area contributed by atoms with Crippen molar-refractivity contribution in [1.82, 2.24) is 24.9 Å². The number of amides is 1. The zero-order valence-electron chi connectivity index (χ0n) is 33.7. The molecule has 0 radical (unpaired) electrons. The lowest BCUT2D eigenvalue weighted by Crippen LogP contribution is -2.59. The second kappa shape index (κ2) is 15.6. The third-order valence-corrected chi connectivity index (χ3v) is 12.5. The van der Waals surface area contributed by atoms with Crippen LogP contribution in [0.4, 0.5) is 10.1 Å². The Morgan fingerprint density at radius 2 is 1.84 bits per heavy atom. The van der Waals surface area contributed by atoms with Crippen molar-refractivity contribution in [2.75, 3.05) is 44.2 Å². The molecule has 0 spiro atoms. The van der Waals surface area contributed by atoms with Gasteiger partial charge in [0.15, 0.2) is 0 Å². The maximum Gasteiger partial charge on any atom is 0.324 e. The number of cyclic esters (lactones) is 1. The fourth-order valence-electron chi connectivity index (χ4n) is 9.61. The third kappa shape index (κ3) is 7.45. The minimum atomic E-state index is -0.866. The van der Waals surface area contributed by atoms with Crippen molar-refractivity contribution in [3.05, 3.63) is 71.0 Å². The molecule has 8 rings (SSSR count). The Morgan fingerprint density at radius 3 is 2.62 bits per heavy atom. The molecule has 3 N–H and O–H groups in total. The number of aryl methyl sites for hydroxylation is 1. The Hall–Kier alpha value is -4.32. The van der Waals surface area contributed by atoms with Gasteiger partial charge in [-0.05, 0) is 110 Å². The number of pyridine rings is 1. The standard InChI is InChI=1S/C45H58FN7O3/c1-6-52-40-12-11-31-21-35(40)37(42(52)36-22-34(25-48-41(36)28(2)3)51-16-15-50-13-7-9-33(50)26-51)23-45(4,5)27-56-44(55)39-10-8-14-53(49-39)43(54)38(47)20-29-17-30(24-46)19-32(31)18-29/h11-12,17-19,21-22,25,28,33,38-39,49H,6-10,13-16,20,23-24,26-27,47H2,1-5H3/t33-,38+,39+/m1/s1. The van der Waals surface area contributed by atoms with Crippen molar-refractivity contribution in [3.63, 3.8) is 0 Å². The number of hydrogen-bond donors (Lipinski definition) is 2. The van der Waals surface area contributed by atoms with Gasteiger partial charge >= 0.3 is 5.97 Å². The second-order valence-electron chi connectivity index (χ2n) is 17.6. The van der Waals surface area contributed by atoms with Gasteiger partial charge in [0.1, 0.15) is 12.7 Å². The highest BCUT2D eigenvalue weighted by atomic mass is 19.1.